The molecular weight excluding hydrogens is 467 g/mol. The Morgan fingerprint density at radius 1 is 1.18 bits per heavy atom. The minimum atomic E-state index is 0. The molecule has 1 heterocycles. The van der Waals surface area contributed by atoms with Crippen molar-refractivity contribution in [3.05, 3.63) is 23.8 Å². The second-order valence-corrected chi connectivity index (χ2v) is 6.99. The number of likely N-dealkylation sites (tertiary alicyclic amines) is 1. The fourth-order valence-electron chi connectivity index (χ4n) is 3.51. The number of aliphatic imine (C=N–C) groups is 1. The van der Waals surface area contributed by atoms with Crippen molar-refractivity contribution in [3.8, 4) is 11.5 Å². The minimum absolute atomic E-state index is 0. The lowest BCUT2D eigenvalue weighted by Gasteiger charge is -2.31. The van der Waals surface area contributed by atoms with Gasteiger partial charge in [-0.3, -0.25) is 4.99 Å². The molecule has 1 aromatic carbocycles. The molecule has 1 aromatic rings. The Labute approximate surface area is 187 Å². The van der Waals surface area contributed by atoms with E-state index in [1.54, 1.807) is 14.2 Å². The second kappa shape index (κ2) is 13.9. The van der Waals surface area contributed by atoms with Gasteiger partial charge in [0.1, 0.15) is 0 Å². The van der Waals surface area contributed by atoms with E-state index in [1.165, 1.54) is 31.5 Å². The zero-order valence-electron chi connectivity index (χ0n) is 17.8. The molecule has 1 atom stereocenters. The molecule has 1 aliphatic heterocycles. The lowest BCUT2D eigenvalue weighted by atomic mass is 9.98. The van der Waals surface area contributed by atoms with Crippen molar-refractivity contribution >= 4 is 29.9 Å². The van der Waals surface area contributed by atoms with Gasteiger partial charge in [0.05, 0.1) is 14.2 Å². The van der Waals surface area contributed by atoms with Crippen LogP contribution in [0.1, 0.15) is 32.3 Å². The van der Waals surface area contributed by atoms with E-state index in [4.69, 9.17) is 14.5 Å². The number of nitrogens with one attached hydrogen (secondary N) is 2. The van der Waals surface area contributed by atoms with E-state index < -0.39 is 0 Å². The molecule has 2 rings (SSSR count). The highest BCUT2D eigenvalue weighted by Gasteiger charge is 2.18. The third-order valence-electron chi connectivity index (χ3n) is 5.06. The van der Waals surface area contributed by atoms with E-state index in [1.807, 2.05) is 12.1 Å². The Balaban J connectivity index is 0.00000392. The van der Waals surface area contributed by atoms with Gasteiger partial charge in [-0.25, -0.2) is 0 Å². The number of rotatable bonds is 9. The van der Waals surface area contributed by atoms with Gasteiger partial charge in [-0.05, 0) is 62.9 Å². The molecule has 6 nitrogen and oxygen atoms in total. The van der Waals surface area contributed by atoms with E-state index in [0.29, 0.717) is 5.92 Å². The van der Waals surface area contributed by atoms with Crippen LogP contribution in [0.25, 0.3) is 0 Å². The third-order valence-corrected chi connectivity index (χ3v) is 5.06. The average Bonchev–Trinajstić information content (AvgIpc) is 2.72. The van der Waals surface area contributed by atoms with Gasteiger partial charge in [0.15, 0.2) is 17.5 Å². The van der Waals surface area contributed by atoms with Crippen molar-refractivity contribution < 1.29 is 9.47 Å². The largest absolute Gasteiger partial charge is 0.493 e. The van der Waals surface area contributed by atoms with Crippen LogP contribution in [0.3, 0.4) is 0 Å². The van der Waals surface area contributed by atoms with Gasteiger partial charge in [-0.1, -0.05) is 13.0 Å². The number of benzene rings is 1. The van der Waals surface area contributed by atoms with E-state index in [9.17, 15) is 0 Å². The number of guanidine groups is 1. The van der Waals surface area contributed by atoms with E-state index in [-0.39, 0.29) is 24.0 Å². The molecule has 160 valence electrons. The van der Waals surface area contributed by atoms with Crippen molar-refractivity contribution in [2.45, 2.75) is 33.1 Å². The summed E-state index contributed by atoms with van der Waals surface area (Å²) in [6, 6.07) is 6.07. The number of hydrogen-bond donors (Lipinski definition) is 2. The number of methoxy groups -OCH3 is 2. The summed E-state index contributed by atoms with van der Waals surface area (Å²) in [6.07, 6.45) is 3.47. The Kier molecular flexibility index (Phi) is 12.3. The Morgan fingerprint density at radius 2 is 1.96 bits per heavy atom. The molecule has 0 radical (unpaired) electrons. The van der Waals surface area contributed by atoms with Gasteiger partial charge in [0, 0.05) is 26.2 Å². The van der Waals surface area contributed by atoms with Crippen LogP contribution in [0, 0.1) is 5.92 Å². The Morgan fingerprint density at radius 3 is 2.64 bits per heavy atom. The SMILES string of the molecule is CCNC(=NCC1CCCN(CC)C1)NCCc1ccc(OC)c(OC)c1.I. The summed E-state index contributed by atoms with van der Waals surface area (Å²) in [5, 5.41) is 6.81. The van der Waals surface area contributed by atoms with E-state index in [2.05, 4.69) is 35.4 Å². The predicted molar refractivity (Wildman–Crippen MR) is 127 cm³/mol. The van der Waals surface area contributed by atoms with Crippen LogP contribution < -0.4 is 20.1 Å². The maximum Gasteiger partial charge on any atom is 0.191 e. The Hall–Kier alpha value is -1.22. The van der Waals surface area contributed by atoms with Crippen molar-refractivity contribution in [1.82, 2.24) is 15.5 Å². The van der Waals surface area contributed by atoms with Crippen molar-refractivity contribution in [3.63, 3.8) is 0 Å². The van der Waals surface area contributed by atoms with Crippen LogP contribution in [-0.2, 0) is 6.42 Å². The summed E-state index contributed by atoms with van der Waals surface area (Å²) in [7, 11) is 3.32. The van der Waals surface area contributed by atoms with Gasteiger partial charge >= 0.3 is 0 Å². The zero-order chi connectivity index (χ0) is 19.5. The molecule has 28 heavy (non-hydrogen) atoms. The first-order chi connectivity index (χ1) is 13.2. The first kappa shape index (κ1) is 24.8. The molecule has 0 amide bonds. The number of piperidine rings is 1. The lowest BCUT2D eigenvalue weighted by Crippen LogP contribution is -2.40. The number of nitrogens with zero attached hydrogens (tertiary/aromatic N) is 2. The quantitative estimate of drug-likeness (QED) is 0.308. The summed E-state index contributed by atoms with van der Waals surface area (Å²) < 4.78 is 10.7. The van der Waals surface area contributed by atoms with Gasteiger partial charge in [-0.15, -0.1) is 24.0 Å². The third kappa shape index (κ3) is 8.03. The van der Waals surface area contributed by atoms with Gasteiger partial charge < -0.3 is 25.0 Å². The fraction of sp³-hybridized carbons (Fsp3) is 0.667. The normalized spacial score (nSPS) is 17.6. The fourth-order valence-corrected chi connectivity index (χ4v) is 3.51. The molecular formula is C21H37IN4O2. The minimum Gasteiger partial charge on any atom is -0.493 e. The topological polar surface area (TPSA) is 58.1 Å². The maximum atomic E-state index is 5.38. The summed E-state index contributed by atoms with van der Waals surface area (Å²) in [6.45, 7) is 10.5. The van der Waals surface area contributed by atoms with Crippen LogP contribution in [-0.4, -0.2) is 64.3 Å². The smallest absolute Gasteiger partial charge is 0.191 e. The maximum absolute atomic E-state index is 5.38. The molecule has 1 fully saturated rings. The van der Waals surface area contributed by atoms with Crippen LogP contribution >= 0.6 is 24.0 Å². The summed E-state index contributed by atoms with van der Waals surface area (Å²) in [4.78, 5) is 7.35. The van der Waals surface area contributed by atoms with Crippen molar-refractivity contribution in [2.24, 2.45) is 10.9 Å². The molecule has 0 spiro atoms. The molecule has 7 heteroatoms. The van der Waals surface area contributed by atoms with Crippen molar-refractivity contribution in [1.29, 1.82) is 0 Å². The number of hydrogen-bond acceptors (Lipinski definition) is 4. The van der Waals surface area contributed by atoms with Gasteiger partial charge in [0.25, 0.3) is 0 Å². The molecule has 2 N–H and O–H groups in total. The number of ether oxygens (including phenoxy) is 2. The van der Waals surface area contributed by atoms with E-state index in [0.717, 1.165) is 50.1 Å². The summed E-state index contributed by atoms with van der Waals surface area (Å²) in [5.41, 5.74) is 1.21. The highest BCUT2D eigenvalue weighted by molar-refractivity contribution is 14.0. The summed E-state index contributed by atoms with van der Waals surface area (Å²) >= 11 is 0. The zero-order valence-corrected chi connectivity index (χ0v) is 20.1. The first-order valence-corrected chi connectivity index (χ1v) is 10.2. The van der Waals surface area contributed by atoms with Crippen LogP contribution in [0.4, 0.5) is 0 Å². The highest BCUT2D eigenvalue weighted by Crippen LogP contribution is 2.27. The van der Waals surface area contributed by atoms with E-state index >= 15 is 0 Å². The highest BCUT2D eigenvalue weighted by atomic mass is 127. The van der Waals surface area contributed by atoms with Crippen LogP contribution in [0.2, 0.25) is 0 Å². The molecule has 0 saturated carbocycles. The van der Waals surface area contributed by atoms with Crippen molar-refractivity contribution in [2.75, 3.05) is 53.5 Å². The average molecular weight is 504 g/mol. The molecule has 0 aromatic heterocycles. The standard InChI is InChI=1S/C21H36N4O2.HI/c1-5-22-21(24-15-18-8-7-13-25(6-2)16-18)23-12-11-17-9-10-19(26-3)20(14-17)27-4;/h9-10,14,18H,5-8,11-13,15-16H2,1-4H3,(H2,22,23,24);1H. The number of halogens is 1. The Bertz CT molecular complexity index is 598. The van der Waals surface area contributed by atoms with Gasteiger partial charge in [0.2, 0.25) is 0 Å². The molecule has 0 bridgehead atoms. The monoisotopic (exact) mass is 504 g/mol. The van der Waals surface area contributed by atoms with Crippen LogP contribution in [0.5, 0.6) is 11.5 Å². The predicted octanol–water partition coefficient (Wildman–Crippen LogP) is 3.15. The summed E-state index contributed by atoms with van der Waals surface area (Å²) in [5.74, 6) is 3.11. The molecule has 1 saturated heterocycles. The molecule has 0 aliphatic carbocycles. The molecule has 1 aliphatic rings. The molecule has 1 unspecified atom stereocenters. The first-order valence-electron chi connectivity index (χ1n) is 10.2. The lowest BCUT2D eigenvalue weighted by molar-refractivity contribution is 0.186. The van der Waals surface area contributed by atoms with Gasteiger partial charge in [-0.2, -0.15) is 0 Å². The van der Waals surface area contributed by atoms with Crippen LogP contribution in [0.15, 0.2) is 23.2 Å². The second-order valence-electron chi connectivity index (χ2n) is 6.99.